The second-order valence-corrected chi connectivity index (χ2v) is 6.97. The number of hydrogen-bond donors (Lipinski definition) is 2. The van der Waals surface area contributed by atoms with Gasteiger partial charge in [-0.2, -0.15) is 0 Å². The molecule has 0 amide bonds. The quantitative estimate of drug-likeness (QED) is 0.733. The van der Waals surface area contributed by atoms with Crippen LogP contribution in [0.3, 0.4) is 0 Å². The van der Waals surface area contributed by atoms with Crippen LogP contribution in [0.5, 0.6) is 0 Å². The largest absolute Gasteiger partial charge is 0.394 e. The van der Waals surface area contributed by atoms with Crippen molar-refractivity contribution in [2.75, 3.05) is 33.0 Å². The van der Waals surface area contributed by atoms with Gasteiger partial charge in [0.25, 0.3) is 0 Å². The van der Waals surface area contributed by atoms with E-state index in [2.05, 4.69) is 4.72 Å². The van der Waals surface area contributed by atoms with Crippen LogP contribution in [0, 0.1) is 0 Å². The van der Waals surface area contributed by atoms with E-state index in [1.165, 1.54) is 0 Å². The smallest absolute Gasteiger partial charge is 0.215 e. The number of rotatable bonds is 4. The van der Waals surface area contributed by atoms with E-state index in [0.29, 0.717) is 52.1 Å². The van der Waals surface area contributed by atoms with Crippen LogP contribution < -0.4 is 4.72 Å². The fourth-order valence-corrected chi connectivity index (χ4v) is 4.28. The summed E-state index contributed by atoms with van der Waals surface area (Å²) in [6, 6.07) is 0. The molecule has 0 aromatic carbocycles. The minimum Gasteiger partial charge on any atom is -0.394 e. The molecule has 0 bridgehead atoms. The van der Waals surface area contributed by atoms with Gasteiger partial charge < -0.3 is 14.6 Å². The molecule has 18 heavy (non-hydrogen) atoms. The van der Waals surface area contributed by atoms with E-state index in [0.717, 1.165) is 0 Å². The minimum atomic E-state index is -3.40. The molecule has 106 valence electrons. The highest BCUT2D eigenvalue weighted by atomic mass is 32.2. The third-order valence-electron chi connectivity index (χ3n) is 3.72. The molecule has 0 aliphatic carbocycles. The Labute approximate surface area is 108 Å². The topological polar surface area (TPSA) is 84.9 Å². The zero-order valence-corrected chi connectivity index (χ0v) is 11.2. The molecule has 0 unspecified atom stereocenters. The van der Waals surface area contributed by atoms with Gasteiger partial charge in [-0.05, 0) is 25.7 Å². The average molecular weight is 279 g/mol. The van der Waals surface area contributed by atoms with Gasteiger partial charge in [0, 0.05) is 26.4 Å². The van der Waals surface area contributed by atoms with Gasteiger partial charge in [0.2, 0.25) is 10.0 Å². The first-order chi connectivity index (χ1) is 8.58. The van der Waals surface area contributed by atoms with Gasteiger partial charge in [-0.25, -0.2) is 13.1 Å². The average Bonchev–Trinajstić information content (AvgIpc) is 2.40. The SMILES string of the molecule is O=S(=O)(NC1(CO)CCOCC1)C1CCOCC1. The summed E-state index contributed by atoms with van der Waals surface area (Å²) in [5.74, 6) is 0. The van der Waals surface area contributed by atoms with Crippen LogP contribution >= 0.6 is 0 Å². The first-order valence-electron chi connectivity index (χ1n) is 6.37. The number of aliphatic hydroxyl groups is 1. The molecule has 7 heteroatoms. The van der Waals surface area contributed by atoms with Gasteiger partial charge in [0.05, 0.1) is 17.4 Å². The molecule has 2 N–H and O–H groups in total. The van der Waals surface area contributed by atoms with E-state index in [-0.39, 0.29) is 6.61 Å². The van der Waals surface area contributed by atoms with Crippen molar-refractivity contribution in [3.63, 3.8) is 0 Å². The third kappa shape index (κ3) is 3.21. The predicted molar refractivity (Wildman–Crippen MR) is 65.8 cm³/mol. The maximum atomic E-state index is 12.3. The molecule has 2 rings (SSSR count). The Morgan fingerprint density at radius 1 is 1.11 bits per heavy atom. The first-order valence-corrected chi connectivity index (χ1v) is 7.92. The highest BCUT2D eigenvalue weighted by Crippen LogP contribution is 2.24. The van der Waals surface area contributed by atoms with Crippen LogP contribution in [0.1, 0.15) is 25.7 Å². The van der Waals surface area contributed by atoms with Gasteiger partial charge in [0.1, 0.15) is 0 Å². The van der Waals surface area contributed by atoms with E-state index in [9.17, 15) is 13.5 Å². The molecule has 2 aliphatic heterocycles. The normalized spacial score (nSPS) is 26.1. The van der Waals surface area contributed by atoms with E-state index >= 15 is 0 Å². The summed E-state index contributed by atoms with van der Waals surface area (Å²) in [5, 5.41) is 9.09. The summed E-state index contributed by atoms with van der Waals surface area (Å²) < 4.78 is 37.7. The molecular weight excluding hydrogens is 258 g/mol. The molecule has 6 nitrogen and oxygen atoms in total. The Bertz CT molecular complexity index is 358. The second-order valence-electron chi connectivity index (χ2n) is 5.01. The van der Waals surface area contributed by atoms with Crippen molar-refractivity contribution in [1.29, 1.82) is 0 Å². The molecule has 0 radical (unpaired) electrons. The highest BCUT2D eigenvalue weighted by molar-refractivity contribution is 7.90. The molecule has 2 aliphatic rings. The molecule has 2 heterocycles. The lowest BCUT2D eigenvalue weighted by atomic mass is 9.93. The Hall–Kier alpha value is -0.210. The van der Waals surface area contributed by atoms with Gasteiger partial charge in [-0.3, -0.25) is 0 Å². The summed E-state index contributed by atoms with van der Waals surface area (Å²) in [6.45, 7) is 1.76. The van der Waals surface area contributed by atoms with Crippen molar-refractivity contribution in [3.05, 3.63) is 0 Å². The van der Waals surface area contributed by atoms with Crippen LogP contribution in [0.2, 0.25) is 0 Å². The Kier molecular flexibility index (Phi) is 4.60. The lowest BCUT2D eigenvalue weighted by Gasteiger charge is -2.37. The monoisotopic (exact) mass is 279 g/mol. The van der Waals surface area contributed by atoms with Crippen molar-refractivity contribution < 1.29 is 23.0 Å². The molecule has 0 spiro atoms. The van der Waals surface area contributed by atoms with E-state index in [1.807, 2.05) is 0 Å². The standard InChI is InChI=1S/C11H21NO5S/c13-9-11(3-7-17-8-4-11)12-18(14,15)10-1-5-16-6-2-10/h10,12-13H,1-9H2. The second kappa shape index (κ2) is 5.83. The highest BCUT2D eigenvalue weighted by Gasteiger charge is 2.39. The van der Waals surface area contributed by atoms with Gasteiger partial charge in [-0.15, -0.1) is 0 Å². The molecule has 2 fully saturated rings. The number of ether oxygens (including phenoxy) is 2. The molecular formula is C11H21NO5S. The predicted octanol–water partition coefficient (Wildman–Crippen LogP) is -0.374. The lowest BCUT2D eigenvalue weighted by molar-refractivity contribution is 0.0218. The van der Waals surface area contributed by atoms with Crippen LogP contribution in [0.15, 0.2) is 0 Å². The summed E-state index contributed by atoms with van der Waals surface area (Å²) in [7, 11) is -3.40. The van der Waals surface area contributed by atoms with Gasteiger partial charge in [-0.1, -0.05) is 0 Å². The van der Waals surface area contributed by atoms with E-state index in [4.69, 9.17) is 9.47 Å². The first kappa shape index (κ1) is 14.2. The van der Waals surface area contributed by atoms with Crippen molar-refractivity contribution in [1.82, 2.24) is 4.72 Å². The van der Waals surface area contributed by atoms with Crippen molar-refractivity contribution in [3.8, 4) is 0 Å². The van der Waals surface area contributed by atoms with Crippen molar-refractivity contribution >= 4 is 10.0 Å². The lowest BCUT2D eigenvalue weighted by Crippen LogP contribution is -2.56. The number of sulfonamides is 1. The molecule has 0 atom stereocenters. The zero-order valence-electron chi connectivity index (χ0n) is 10.4. The maximum Gasteiger partial charge on any atom is 0.215 e. The van der Waals surface area contributed by atoms with Gasteiger partial charge >= 0.3 is 0 Å². The summed E-state index contributed by atoms with van der Waals surface area (Å²) in [6.07, 6.45) is 2.08. The summed E-state index contributed by atoms with van der Waals surface area (Å²) in [5.41, 5.74) is -0.741. The number of hydrogen-bond acceptors (Lipinski definition) is 5. The molecule has 0 aromatic heterocycles. The summed E-state index contributed by atoms with van der Waals surface area (Å²) in [4.78, 5) is 0. The Balaban J connectivity index is 2.05. The summed E-state index contributed by atoms with van der Waals surface area (Å²) >= 11 is 0. The number of aliphatic hydroxyl groups excluding tert-OH is 1. The Morgan fingerprint density at radius 3 is 2.22 bits per heavy atom. The molecule has 0 saturated carbocycles. The molecule has 0 aromatic rings. The maximum absolute atomic E-state index is 12.3. The zero-order chi connectivity index (χ0) is 13.1. The van der Waals surface area contributed by atoms with Crippen LogP contribution in [-0.4, -0.2) is 57.3 Å². The fourth-order valence-electron chi connectivity index (χ4n) is 2.43. The van der Waals surface area contributed by atoms with Gasteiger partial charge in [0.15, 0.2) is 0 Å². The fraction of sp³-hybridized carbons (Fsp3) is 1.00. The Morgan fingerprint density at radius 2 is 1.67 bits per heavy atom. The van der Waals surface area contributed by atoms with Crippen LogP contribution in [0.4, 0.5) is 0 Å². The molecule has 2 saturated heterocycles. The van der Waals surface area contributed by atoms with Crippen molar-refractivity contribution in [2.45, 2.75) is 36.5 Å². The van der Waals surface area contributed by atoms with Crippen molar-refractivity contribution in [2.24, 2.45) is 0 Å². The van der Waals surface area contributed by atoms with E-state index < -0.39 is 20.8 Å². The minimum absolute atomic E-state index is 0.182. The van der Waals surface area contributed by atoms with Crippen LogP contribution in [-0.2, 0) is 19.5 Å². The third-order valence-corrected chi connectivity index (χ3v) is 5.79. The van der Waals surface area contributed by atoms with E-state index in [1.54, 1.807) is 0 Å². The van der Waals surface area contributed by atoms with Crippen LogP contribution in [0.25, 0.3) is 0 Å². The number of nitrogens with one attached hydrogen (secondary N) is 1.